The Bertz CT molecular complexity index is 565. The van der Waals surface area contributed by atoms with E-state index in [1.807, 2.05) is 32.9 Å². The monoisotopic (exact) mass is 323 g/mol. The topological polar surface area (TPSA) is 46.6 Å². The molecule has 120 valence electrons. The number of halogens is 1. The van der Waals surface area contributed by atoms with Crippen LogP contribution in [0.1, 0.15) is 32.8 Å². The van der Waals surface area contributed by atoms with Gasteiger partial charge < -0.3 is 9.64 Å². The average Bonchev–Trinajstić information content (AvgIpc) is 2.86. The number of ketones is 1. The molecule has 1 amide bonds. The highest BCUT2D eigenvalue weighted by Gasteiger charge is 2.33. The molecule has 1 atom stereocenters. The van der Waals surface area contributed by atoms with Crippen molar-refractivity contribution in [3.8, 4) is 0 Å². The second kappa shape index (κ2) is 6.69. The molecule has 1 saturated heterocycles. The third kappa shape index (κ3) is 4.73. The van der Waals surface area contributed by atoms with E-state index in [1.165, 1.54) is 0 Å². The van der Waals surface area contributed by atoms with Gasteiger partial charge in [-0.3, -0.25) is 4.79 Å². The lowest BCUT2D eigenvalue weighted by Gasteiger charge is -2.24. The largest absolute Gasteiger partial charge is 0.444 e. The van der Waals surface area contributed by atoms with Crippen molar-refractivity contribution in [2.45, 2.75) is 39.2 Å². The maximum atomic E-state index is 12.4. The molecule has 0 spiro atoms. The Morgan fingerprint density at radius 1 is 1.36 bits per heavy atom. The summed E-state index contributed by atoms with van der Waals surface area (Å²) in [5.41, 5.74) is 0.396. The molecule has 22 heavy (non-hydrogen) atoms. The maximum Gasteiger partial charge on any atom is 0.410 e. The minimum atomic E-state index is -0.514. The summed E-state index contributed by atoms with van der Waals surface area (Å²) in [6, 6.07) is 7.33. The third-order valence-corrected chi connectivity index (χ3v) is 3.80. The number of Topliss-reactive ketones (excluding diaryl/α,β-unsaturated/α-hetero) is 1. The summed E-state index contributed by atoms with van der Waals surface area (Å²) in [5, 5.41) is 0.632. The van der Waals surface area contributed by atoms with E-state index >= 15 is 0 Å². The van der Waals surface area contributed by atoms with Gasteiger partial charge in [-0.2, -0.15) is 0 Å². The number of benzene rings is 1. The minimum absolute atomic E-state index is 0.119. The van der Waals surface area contributed by atoms with Crippen LogP contribution in [0.15, 0.2) is 24.3 Å². The highest BCUT2D eigenvalue weighted by molar-refractivity contribution is 6.30. The summed E-state index contributed by atoms with van der Waals surface area (Å²) in [5.74, 6) is 0.0276. The molecule has 0 N–H and O–H groups in total. The summed E-state index contributed by atoms with van der Waals surface area (Å²) in [7, 11) is 0. The molecule has 0 radical (unpaired) electrons. The zero-order valence-electron chi connectivity index (χ0n) is 13.3. The van der Waals surface area contributed by atoms with Crippen LogP contribution < -0.4 is 0 Å². The van der Waals surface area contributed by atoms with Crippen molar-refractivity contribution in [2.75, 3.05) is 13.1 Å². The Hall–Kier alpha value is -1.55. The molecule has 1 unspecified atom stereocenters. The summed E-state index contributed by atoms with van der Waals surface area (Å²) >= 11 is 5.93. The fourth-order valence-electron chi connectivity index (χ4n) is 2.51. The van der Waals surface area contributed by atoms with E-state index < -0.39 is 5.60 Å². The maximum absolute atomic E-state index is 12.4. The van der Waals surface area contributed by atoms with Crippen LogP contribution >= 0.6 is 11.6 Å². The molecule has 1 aromatic carbocycles. The first kappa shape index (κ1) is 16.8. The first-order chi connectivity index (χ1) is 10.2. The first-order valence-corrected chi connectivity index (χ1v) is 7.87. The first-order valence-electron chi connectivity index (χ1n) is 7.50. The van der Waals surface area contributed by atoms with Gasteiger partial charge in [-0.05, 0) is 44.9 Å². The van der Waals surface area contributed by atoms with Crippen LogP contribution in [0.25, 0.3) is 0 Å². The molecule has 1 aliphatic rings. The van der Waals surface area contributed by atoms with Crippen LogP contribution in [-0.2, 0) is 16.0 Å². The van der Waals surface area contributed by atoms with Gasteiger partial charge in [0.1, 0.15) is 11.4 Å². The van der Waals surface area contributed by atoms with Gasteiger partial charge in [0.2, 0.25) is 0 Å². The Labute approximate surface area is 136 Å². The second-order valence-corrected chi connectivity index (χ2v) is 7.12. The fourth-order valence-corrected chi connectivity index (χ4v) is 2.72. The summed E-state index contributed by atoms with van der Waals surface area (Å²) in [6.45, 7) is 6.52. The van der Waals surface area contributed by atoms with Crippen LogP contribution in [0.3, 0.4) is 0 Å². The smallest absolute Gasteiger partial charge is 0.410 e. The van der Waals surface area contributed by atoms with Crippen molar-refractivity contribution in [3.63, 3.8) is 0 Å². The van der Waals surface area contributed by atoms with Crippen LogP contribution in [0.5, 0.6) is 0 Å². The van der Waals surface area contributed by atoms with Crippen molar-refractivity contribution in [2.24, 2.45) is 5.92 Å². The van der Waals surface area contributed by atoms with Crippen molar-refractivity contribution in [1.82, 2.24) is 4.90 Å². The lowest BCUT2D eigenvalue weighted by Crippen LogP contribution is -2.36. The number of rotatable bonds is 3. The van der Waals surface area contributed by atoms with E-state index in [0.29, 0.717) is 31.0 Å². The third-order valence-electron chi connectivity index (χ3n) is 3.56. The van der Waals surface area contributed by atoms with Gasteiger partial charge in [0.05, 0.1) is 0 Å². The Morgan fingerprint density at radius 2 is 2.09 bits per heavy atom. The normalized spacial score (nSPS) is 18.4. The molecule has 1 aromatic rings. The quantitative estimate of drug-likeness (QED) is 0.852. The number of hydrogen-bond acceptors (Lipinski definition) is 3. The summed E-state index contributed by atoms with van der Waals surface area (Å²) in [6.07, 6.45) is 0.706. The molecule has 2 rings (SSSR count). The molecular weight excluding hydrogens is 302 g/mol. The number of carbonyl (C=O) groups excluding carboxylic acids is 2. The number of carbonyl (C=O) groups is 2. The van der Waals surface area contributed by atoms with Gasteiger partial charge in [-0.25, -0.2) is 4.79 Å². The highest BCUT2D eigenvalue weighted by Crippen LogP contribution is 2.22. The molecule has 4 nitrogen and oxygen atoms in total. The molecule has 5 heteroatoms. The van der Waals surface area contributed by atoms with E-state index in [2.05, 4.69) is 0 Å². The van der Waals surface area contributed by atoms with Crippen LogP contribution in [0.2, 0.25) is 5.02 Å². The number of ether oxygens (including phenoxy) is 1. The van der Waals surface area contributed by atoms with Gasteiger partial charge in [0, 0.05) is 30.5 Å². The van der Waals surface area contributed by atoms with Gasteiger partial charge in [0.15, 0.2) is 0 Å². The standard InChI is InChI=1S/C17H22ClNO3/c1-17(2,3)22-16(21)19-8-7-13(11-19)15(20)10-12-5-4-6-14(18)9-12/h4-6,9,13H,7-8,10-11H2,1-3H3. The molecule has 1 fully saturated rings. The fraction of sp³-hybridized carbons (Fsp3) is 0.529. The molecular formula is C17H22ClNO3. The average molecular weight is 324 g/mol. The molecule has 0 aromatic heterocycles. The van der Waals surface area contributed by atoms with E-state index in [4.69, 9.17) is 16.3 Å². The zero-order valence-corrected chi connectivity index (χ0v) is 14.0. The van der Waals surface area contributed by atoms with E-state index in [0.717, 1.165) is 5.56 Å². The summed E-state index contributed by atoms with van der Waals surface area (Å²) < 4.78 is 5.34. The number of likely N-dealkylation sites (tertiary alicyclic amines) is 1. The highest BCUT2D eigenvalue weighted by atomic mass is 35.5. The number of nitrogens with zero attached hydrogens (tertiary/aromatic N) is 1. The lowest BCUT2D eigenvalue weighted by atomic mass is 9.97. The summed E-state index contributed by atoms with van der Waals surface area (Å²) in [4.78, 5) is 26.0. The SMILES string of the molecule is CC(C)(C)OC(=O)N1CCC(C(=O)Cc2cccc(Cl)c2)C1. The van der Waals surface area contributed by atoms with Gasteiger partial charge >= 0.3 is 6.09 Å². The lowest BCUT2D eigenvalue weighted by molar-refractivity contribution is -0.121. The van der Waals surface area contributed by atoms with Gasteiger partial charge in [-0.15, -0.1) is 0 Å². The van der Waals surface area contributed by atoms with Crippen molar-refractivity contribution < 1.29 is 14.3 Å². The Balaban J connectivity index is 1.90. The second-order valence-electron chi connectivity index (χ2n) is 6.68. The van der Waals surface area contributed by atoms with Crippen molar-refractivity contribution in [1.29, 1.82) is 0 Å². The van der Waals surface area contributed by atoms with E-state index in [1.54, 1.807) is 17.0 Å². The van der Waals surface area contributed by atoms with Gasteiger partial charge in [-0.1, -0.05) is 23.7 Å². The molecule has 0 aliphatic carbocycles. The predicted molar refractivity (Wildman–Crippen MR) is 86.1 cm³/mol. The van der Waals surface area contributed by atoms with Crippen LogP contribution in [0.4, 0.5) is 4.79 Å². The Kier molecular flexibility index (Phi) is 5.12. The molecule has 1 heterocycles. The van der Waals surface area contributed by atoms with E-state index in [9.17, 15) is 9.59 Å². The minimum Gasteiger partial charge on any atom is -0.444 e. The number of amides is 1. The van der Waals surface area contributed by atoms with E-state index in [-0.39, 0.29) is 17.8 Å². The van der Waals surface area contributed by atoms with Gasteiger partial charge in [0.25, 0.3) is 0 Å². The molecule has 1 aliphatic heterocycles. The molecule has 0 saturated carbocycles. The van der Waals surface area contributed by atoms with Crippen molar-refractivity contribution >= 4 is 23.5 Å². The predicted octanol–water partition coefficient (Wildman–Crippen LogP) is 3.71. The number of hydrogen-bond donors (Lipinski definition) is 0. The van der Waals surface area contributed by atoms with Crippen molar-refractivity contribution in [3.05, 3.63) is 34.9 Å². The molecule has 0 bridgehead atoms. The zero-order chi connectivity index (χ0) is 16.3. The van der Waals surface area contributed by atoms with Crippen LogP contribution in [-0.4, -0.2) is 35.5 Å². The Morgan fingerprint density at radius 3 is 2.73 bits per heavy atom. The van der Waals surface area contributed by atoms with Crippen LogP contribution in [0, 0.1) is 5.92 Å².